The summed E-state index contributed by atoms with van der Waals surface area (Å²) in [4.78, 5) is 4.31. The fraction of sp³-hybridized carbons (Fsp3) is 0.267. The molecule has 1 N–H and O–H groups in total. The molecule has 0 amide bonds. The molecule has 0 atom stereocenters. The number of rotatable bonds is 5. The Balaban J connectivity index is 1.78. The molecular weight excluding hydrogens is 314 g/mol. The second kappa shape index (κ2) is 6.18. The van der Waals surface area contributed by atoms with E-state index in [1.165, 1.54) is 25.0 Å². The van der Waals surface area contributed by atoms with E-state index >= 15 is 0 Å². The average Bonchev–Trinajstić information content (AvgIpc) is 3.28. The Bertz CT molecular complexity index is 662. The third kappa shape index (κ3) is 3.64. The molecule has 110 valence electrons. The molecule has 1 fully saturated rings. The van der Waals surface area contributed by atoms with Gasteiger partial charge in [-0.3, -0.25) is 0 Å². The van der Waals surface area contributed by atoms with E-state index in [1.807, 2.05) is 0 Å². The fourth-order valence-corrected chi connectivity index (χ4v) is 2.19. The number of ether oxygens (including phenoxy) is 1. The summed E-state index contributed by atoms with van der Waals surface area (Å²) >= 11 is 11.8. The van der Waals surface area contributed by atoms with Gasteiger partial charge in [-0.25, -0.2) is 9.37 Å². The number of aromatic nitrogens is 1. The van der Waals surface area contributed by atoms with Crippen molar-refractivity contribution in [1.29, 1.82) is 0 Å². The monoisotopic (exact) mass is 326 g/mol. The molecule has 0 saturated heterocycles. The first kappa shape index (κ1) is 14.6. The lowest BCUT2D eigenvalue weighted by molar-refractivity contribution is 0.425. The molecule has 0 bridgehead atoms. The molecule has 0 radical (unpaired) electrons. The zero-order valence-corrected chi connectivity index (χ0v) is 12.6. The van der Waals surface area contributed by atoms with Crippen molar-refractivity contribution in [1.82, 2.24) is 10.3 Å². The van der Waals surface area contributed by atoms with Crippen LogP contribution in [0, 0.1) is 5.82 Å². The maximum absolute atomic E-state index is 13.8. The highest BCUT2D eigenvalue weighted by molar-refractivity contribution is 6.31. The largest absolute Gasteiger partial charge is 0.436 e. The first-order valence-electron chi connectivity index (χ1n) is 6.64. The van der Waals surface area contributed by atoms with E-state index in [2.05, 4.69) is 10.3 Å². The van der Waals surface area contributed by atoms with Crippen LogP contribution in [0.3, 0.4) is 0 Å². The summed E-state index contributed by atoms with van der Waals surface area (Å²) in [5.41, 5.74) is 0.684. The predicted octanol–water partition coefficient (Wildman–Crippen LogP) is 4.57. The van der Waals surface area contributed by atoms with Crippen molar-refractivity contribution in [2.45, 2.75) is 25.4 Å². The molecule has 0 aliphatic heterocycles. The van der Waals surface area contributed by atoms with Crippen molar-refractivity contribution in [2.24, 2.45) is 0 Å². The van der Waals surface area contributed by atoms with Crippen LogP contribution in [0.15, 0.2) is 30.3 Å². The Labute approximate surface area is 132 Å². The van der Waals surface area contributed by atoms with Gasteiger partial charge in [0.2, 0.25) is 5.88 Å². The molecule has 3 nitrogen and oxygen atoms in total. The summed E-state index contributed by atoms with van der Waals surface area (Å²) < 4.78 is 19.3. The van der Waals surface area contributed by atoms with Gasteiger partial charge in [0.15, 0.2) is 11.6 Å². The molecule has 1 aliphatic carbocycles. The van der Waals surface area contributed by atoms with E-state index < -0.39 is 5.82 Å². The molecule has 0 unspecified atom stereocenters. The van der Waals surface area contributed by atoms with Crippen molar-refractivity contribution in [2.75, 3.05) is 0 Å². The standard InChI is InChI=1S/C15H13Cl2FN2O/c16-10-6-7-14(20-12(10)8-19-9-4-5-9)21-13-3-1-2-11(17)15(13)18/h1-3,6-7,9,19H,4-5,8H2. The van der Waals surface area contributed by atoms with E-state index in [0.29, 0.717) is 23.3 Å². The van der Waals surface area contributed by atoms with Crippen LogP contribution in [0.1, 0.15) is 18.5 Å². The zero-order chi connectivity index (χ0) is 14.8. The minimum absolute atomic E-state index is 0.0112. The SMILES string of the molecule is Fc1c(Cl)cccc1Oc1ccc(Cl)c(CNC2CC2)n1. The number of nitrogens with zero attached hydrogens (tertiary/aromatic N) is 1. The van der Waals surface area contributed by atoms with Crippen LogP contribution in [-0.2, 0) is 6.54 Å². The second-order valence-electron chi connectivity index (χ2n) is 4.89. The minimum Gasteiger partial charge on any atom is -0.436 e. The van der Waals surface area contributed by atoms with Gasteiger partial charge in [-0.2, -0.15) is 0 Å². The van der Waals surface area contributed by atoms with E-state index in [4.69, 9.17) is 27.9 Å². The van der Waals surface area contributed by atoms with Crippen molar-refractivity contribution >= 4 is 23.2 Å². The smallest absolute Gasteiger partial charge is 0.219 e. The minimum atomic E-state index is -0.603. The van der Waals surface area contributed by atoms with Gasteiger partial charge in [-0.05, 0) is 31.0 Å². The molecule has 0 spiro atoms. The van der Waals surface area contributed by atoms with Gasteiger partial charge in [0.25, 0.3) is 0 Å². The maximum atomic E-state index is 13.8. The van der Waals surface area contributed by atoms with E-state index in [-0.39, 0.29) is 16.7 Å². The number of benzene rings is 1. The highest BCUT2D eigenvalue weighted by atomic mass is 35.5. The molecule has 3 rings (SSSR count). The molecule has 1 aromatic carbocycles. The van der Waals surface area contributed by atoms with Crippen LogP contribution in [-0.4, -0.2) is 11.0 Å². The number of hydrogen-bond acceptors (Lipinski definition) is 3. The van der Waals surface area contributed by atoms with Crippen molar-refractivity contribution in [3.05, 3.63) is 51.9 Å². The van der Waals surface area contributed by atoms with Crippen LogP contribution >= 0.6 is 23.2 Å². The zero-order valence-electron chi connectivity index (χ0n) is 11.1. The van der Waals surface area contributed by atoms with Gasteiger partial charge >= 0.3 is 0 Å². The number of halogens is 3. The van der Waals surface area contributed by atoms with Gasteiger partial charge in [-0.1, -0.05) is 29.3 Å². The topological polar surface area (TPSA) is 34.1 Å². The summed E-state index contributed by atoms with van der Waals surface area (Å²) in [5.74, 6) is -0.278. The predicted molar refractivity (Wildman–Crippen MR) is 80.6 cm³/mol. The Hall–Kier alpha value is -1.36. The Morgan fingerprint density at radius 2 is 2.00 bits per heavy atom. The van der Waals surface area contributed by atoms with Gasteiger partial charge in [0, 0.05) is 18.7 Å². The molecule has 2 aromatic rings. The lowest BCUT2D eigenvalue weighted by Crippen LogP contribution is -2.16. The first-order chi connectivity index (χ1) is 10.1. The van der Waals surface area contributed by atoms with Crippen LogP contribution in [0.5, 0.6) is 11.6 Å². The maximum Gasteiger partial charge on any atom is 0.219 e. The van der Waals surface area contributed by atoms with E-state index in [0.717, 1.165) is 0 Å². The third-order valence-corrected chi connectivity index (χ3v) is 3.80. The highest BCUT2D eigenvalue weighted by Crippen LogP contribution is 2.29. The van der Waals surface area contributed by atoms with E-state index in [9.17, 15) is 4.39 Å². The highest BCUT2D eigenvalue weighted by Gasteiger charge is 2.21. The number of hydrogen-bond donors (Lipinski definition) is 1. The molecule has 1 aromatic heterocycles. The summed E-state index contributed by atoms with van der Waals surface area (Å²) in [5, 5.41) is 3.90. The van der Waals surface area contributed by atoms with E-state index in [1.54, 1.807) is 18.2 Å². The third-order valence-electron chi connectivity index (χ3n) is 3.16. The molecule has 6 heteroatoms. The fourth-order valence-electron chi connectivity index (χ4n) is 1.85. The van der Waals surface area contributed by atoms with Crippen LogP contribution in [0.2, 0.25) is 10.0 Å². The van der Waals surface area contributed by atoms with Crippen molar-refractivity contribution in [3.8, 4) is 11.6 Å². The molecular formula is C15H13Cl2FN2O. The lowest BCUT2D eigenvalue weighted by atomic mass is 10.3. The van der Waals surface area contributed by atoms with Crippen molar-refractivity contribution in [3.63, 3.8) is 0 Å². The van der Waals surface area contributed by atoms with Gasteiger partial charge in [0.1, 0.15) is 0 Å². The van der Waals surface area contributed by atoms with Crippen LogP contribution in [0.25, 0.3) is 0 Å². The summed E-state index contributed by atoms with van der Waals surface area (Å²) in [7, 11) is 0. The molecule has 1 heterocycles. The Kier molecular flexibility index (Phi) is 4.29. The Morgan fingerprint density at radius 1 is 1.19 bits per heavy atom. The summed E-state index contributed by atoms with van der Waals surface area (Å²) in [6, 6.07) is 8.42. The lowest BCUT2D eigenvalue weighted by Gasteiger charge is -2.10. The molecule has 1 aliphatic rings. The van der Waals surface area contributed by atoms with Crippen LogP contribution in [0.4, 0.5) is 4.39 Å². The second-order valence-corrected chi connectivity index (χ2v) is 5.70. The number of pyridine rings is 1. The Morgan fingerprint density at radius 3 is 2.76 bits per heavy atom. The molecule has 1 saturated carbocycles. The quantitative estimate of drug-likeness (QED) is 0.873. The molecule has 21 heavy (non-hydrogen) atoms. The average molecular weight is 327 g/mol. The summed E-state index contributed by atoms with van der Waals surface area (Å²) in [6.07, 6.45) is 2.36. The van der Waals surface area contributed by atoms with Crippen LogP contribution < -0.4 is 10.1 Å². The van der Waals surface area contributed by atoms with Gasteiger partial charge in [-0.15, -0.1) is 0 Å². The first-order valence-corrected chi connectivity index (χ1v) is 7.40. The van der Waals surface area contributed by atoms with Gasteiger partial charge in [0.05, 0.1) is 15.7 Å². The van der Waals surface area contributed by atoms with Gasteiger partial charge < -0.3 is 10.1 Å². The number of nitrogens with one attached hydrogen (secondary N) is 1. The normalized spacial score (nSPS) is 14.2. The summed E-state index contributed by atoms with van der Waals surface area (Å²) in [6.45, 7) is 0.568. The van der Waals surface area contributed by atoms with Crippen molar-refractivity contribution < 1.29 is 9.13 Å².